The SMILES string of the molecule is Oc1ccccc1C=NC[C@H](c1ccc(F)cc1)[NH+]1CCOCC1. The van der Waals surface area contributed by atoms with E-state index in [0.717, 1.165) is 31.9 Å². The van der Waals surface area contributed by atoms with Crippen LogP contribution in [-0.4, -0.2) is 44.2 Å². The maximum absolute atomic E-state index is 13.2. The number of morpholine rings is 1. The summed E-state index contributed by atoms with van der Waals surface area (Å²) >= 11 is 0. The summed E-state index contributed by atoms with van der Waals surface area (Å²) in [6, 6.07) is 13.9. The molecule has 0 aromatic heterocycles. The van der Waals surface area contributed by atoms with Crippen molar-refractivity contribution in [1.29, 1.82) is 0 Å². The lowest BCUT2D eigenvalue weighted by atomic mass is 10.0. The predicted octanol–water partition coefficient (Wildman–Crippen LogP) is 1.61. The quantitative estimate of drug-likeness (QED) is 0.819. The van der Waals surface area contributed by atoms with Gasteiger partial charge in [-0.05, 0) is 24.3 Å². The van der Waals surface area contributed by atoms with E-state index in [1.807, 2.05) is 24.3 Å². The Kier molecular flexibility index (Phi) is 5.56. The van der Waals surface area contributed by atoms with E-state index in [-0.39, 0.29) is 17.6 Å². The van der Waals surface area contributed by atoms with Crippen LogP contribution < -0.4 is 4.90 Å². The summed E-state index contributed by atoms with van der Waals surface area (Å²) in [5.74, 6) is -0.00881. The first-order valence-electron chi connectivity index (χ1n) is 8.19. The van der Waals surface area contributed by atoms with Crippen LogP contribution in [0.1, 0.15) is 17.2 Å². The van der Waals surface area contributed by atoms with Crippen LogP contribution in [0.5, 0.6) is 5.75 Å². The molecule has 3 rings (SSSR count). The van der Waals surface area contributed by atoms with Crippen LogP contribution in [0.4, 0.5) is 4.39 Å². The highest BCUT2D eigenvalue weighted by molar-refractivity contribution is 5.83. The van der Waals surface area contributed by atoms with E-state index in [0.29, 0.717) is 12.1 Å². The Bertz CT molecular complexity index is 682. The topological polar surface area (TPSA) is 46.3 Å². The molecule has 126 valence electrons. The number of para-hydroxylation sites is 1. The third-order valence-corrected chi connectivity index (χ3v) is 4.36. The molecule has 5 heteroatoms. The van der Waals surface area contributed by atoms with Crippen LogP contribution in [-0.2, 0) is 4.74 Å². The third kappa shape index (κ3) is 4.19. The molecular weight excluding hydrogens is 307 g/mol. The first-order valence-corrected chi connectivity index (χ1v) is 8.19. The Morgan fingerprint density at radius 1 is 1.12 bits per heavy atom. The van der Waals surface area contributed by atoms with Gasteiger partial charge in [-0.1, -0.05) is 24.3 Å². The zero-order valence-corrected chi connectivity index (χ0v) is 13.5. The van der Waals surface area contributed by atoms with E-state index in [9.17, 15) is 9.50 Å². The summed E-state index contributed by atoms with van der Waals surface area (Å²) in [4.78, 5) is 5.93. The van der Waals surface area contributed by atoms with E-state index in [1.165, 1.54) is 17.0 Å². The molecule has 1 aliphatic rings. The molecule has 1 aliphatic heterocycles. The lowest BCUT2D eigenvalue weighted by Crippen LogP contribution is -3.14. The van der Waals surface area contributed by atoms with Crippen molar-refractivity contribution in [1.82, 2.24) is 0 Å². The molecule has 0 spiro atoms. The van der Waals surface area contributed by atoms with Crippen LogP contribution >= 0.6 is 0 Å². The molecule has 1 saturated heterocycles. The van der Waals surface area contributed by atoms with Crippen molar-refractivity contribution in [2.45, 2.75) is 6.04 Å². The largest absolute Gasteiger partial charge is 0.507 e. The monoisotopic (exact) mass is 329 g/mol. The fraction of sp³-hybridized carbons (Fsp3) is 0.316. The first kappa shape index (κ1) is 16.6. The van der Waals surface area contributed by atoms with E-state index in [1.54, 1.807) is 18.3 Å². The zero-order chi connectivity index (χ0) is 16.8. The molecule has 1 heterocycles. The standard InChI is InChI=1S/C19H21FN2O2/c20-17-7-5-15(6-8-17)18(22-9-11-24-12-10-22)14-21-13-16-3-1-2-4-19(16)23/h1-8,13,18,23H,9-12,14H2/p+1/t18-/m1/s1. The van der Waals surface area contributed by atoms with E-state index in [4.69, 9.17) is 4.74 Å². The maximum atomic E-state index is 13.2. The molecular formula is C19H22FN2O2+. The van der Waals surface area contributed by atoms with Gasteiger partial charge in [0.15, 0.2) is 0 Å². The Morgan fingerprint density at radius 2 is 1.83 bits per heavy atom. The third-order valence-electron chi connectivity index (χ3n) is 4.36. The Labute approximate surface area is 141 Å². The molecule has 0 bridgehead atoms. The average Bonchev–Trinajstić information content (AvgIpc) is 2.62. The minimum Gasteiger partial charge on any atom is -0.507 e. The summed E-state index contributed by atoms with van der Waals surface area (Å²) in [5, 5.41) is 9.82. The van der Waals surface area contributed by atoms with Gasteiger partial charge in [-0.2, -0.15) is 0 Å². The number of quaternary nitrogens is 1. The number of nitrogens with one attached hydrogen (secondary N) is 1. The molecule has 0 aliphatic carbocycles. The van der Waals surface area contributed by atoms with Gasteiger partial charge in [-0.25, -0.2) is 4.39 Å². The molecule has 2 aromatic carbocycles. The molecule has 0 amide bonds. The van der Waals surface area contributed by atoms with Gasteiger partial charge in [0.25, 0.3) is 0 Å². The highest BCUT2D eigenvalue weighted by atomic mass is 19.1. The highest BCUT2D eigenvalue weighted by Crippen LogP contribution is 2.15. The number of ether oxygens (including phenoxy) is 1. The summed E-state index contributed by atoms with van der Waals surface area (Å²) in [6.45, 7) is 3.87. The Morgan fingerprint density at radius 3 is 2.54 bits per heavy atom. The number of nitrogens with zero attached hydrogens (tertiary/aromatic N) is 1. The fourth-order valence-corrected chi connectivity index (χ4v) is 3.00. The minimum atomic E-state index is -0.229. The number of rotatable bonds is 5. The second kappa shape index (κ2) is 8.04. The van der Waals surface area contributed by atoms with Crippen molar-refractivity contribution in [3.05, 3.63) is 65.5 Å². The predicted molar refractivity (Wildman–Crippen MR) is 91.2 cm³/mol. The fourth-order valence-electron chi connectivity index (χ4n) is 3.00. The summed E-state index contributed by atoms with van der Waals surface area (Å²) in [6.07, 6.45) is 1.70. The van der Waals surface area contributed by atoms with Crippen molar-refractivity contribution in [3.63, 3.8) is 0 Å². The van der Waals surface area contributed by atoms with Gasteiger partial charge < -0.3 is 14.7 Å². The van der Waals surface area contributed by atoms with Crippen molar-refractivity contribution >= 4 is 6.21 Å². The highest BCUT2D eigenvalue weighted by Gasteiger charge is 2.26. The number of benzene rings is 2. The Hall–Kier alpha value is -2.24. The summed E-state index contributed by atoms with van der Waals surface area (Å²) in [7, 11) is 0. The number of hydrogen-bond acceptors (Lipinski definition) is 3. The smallest absolute Gasteiger partial charge is 0.133 e. The molecule has 4 nitrogen and oxygen atoms in total. The molecule has 1 fully saturated rings. The van der Waals surface area contributed by atoms with Crippen LogP contribution in [0.3, 0.4) is 0 Å². The number of phenols is 1. The minimum absolute atomic E-state index is 0.150. The van der Waals surface area contributed by atoms with Crippen molar-refractivity contribution in [2.24, 2.45) is 4.99 Å². The lowest BCUT2D eigenvalue weighted by Gasteiger charge is -2.31. The molecule has 0 unspecified atom stereocenters. The van der Waals surface area contributed by atoms with E-state index in [2.05, 4.69) is 4.99 Å². The van der Waals surface area contributed by atoms with Crippen molar-refractivity contribution in [3.8, 4) is 5.75 Å². The molecule has 1 atom stereocenters. The van der Waals surface area contributed by atoms with Crippen LogP contribution in [0.25, 0.3) is 0 Å². The van der Waals surface area contributed by atoms with Crippen LogP contribution in [0.2, 0.25) is 0 Å². The number of aromatic hydroxyl groups is 1. The number of phenolic OH excluding ortho intramolecular Hbond substituents is 1. The maximum Gasteiger partial charge on any atom is 0.133 e. The molecule has 2 N–H and O–H groups in total. The van der Waals surface area contributed by atoms with E-state index < -0.39 is 0 Å². The van der Waals surface area contributed by atoms with E-state index >= 15 is 0 Å². The lowest BCUT2D eigenvalue weighted by molar-refractivity contribution is -0.937. The van der Waals surface area contributed by atoms with Gasteiger partial charge >= 0.3 is 0 Å². The molecule has 2 aromatic rings. The van der Waals surface area contributed by atoms with Crippen molar-refractivity contribution in [2.75, 3.05) is 32.8 Å². The molecule has 0 radical (unpaired) electrons. The zero-order valence-electron chi connectivity index (χ0n) is 13.5. The number of hydrogen-bond donors (Lipinski definition) is 2. The normalized spacial score (nSPS) is 17.2. The van der Waals surface area contributed by atoms with Gasteiger partial charge in [0.1, 0.15) is 30.7 Å². The average molecular weight is 329 g/mol. The van der Waals surface area contributed by atoms with Gasteiger partial charge in [-0.15, -0.1) is 0 Å². The van der Waals surface area contributed by atoms with Crippen LogP contribution in [0.15, 0.2) is 53.5 Å². The van der Waals surface area contributed by atoms with Gasteiger partial charge in [0.2, 0.25) is 0 Å². The second-order valence-electron chi connectivity index (χ2n) is 5.93. The van der Waals surface area contributed by atoms with Crippen LogP contribution in [0, 0.1) is 5.82 Å². The Balaban J connectivity index is 1.76. The van der Waals surface area contributed by atoms with Gasteiger partial charge in [0.05, 0.1) is 19.8 Å². The molecule has 0 saturated carbocycles. The first-order chi connectivity index (χ1) is 11.7. The summed E-state index contributed by atoms with van der Waals surface area (Å²) < 4.78 is 18.7. The van der Waals surface area contributed by atoms with Crippen molar-refractivity contribution < 1.29 is 19.1 Å². The summed E-state index contributed by atoms with van der Waals surface area (Å²) in [5.41, 5.74) is 1.77. The number of halogens is 1. The van der Waals surface area contributed by atoms with Gasteiger partial charge in [0, 0.05) is 17.3 Å². The second-order valence-corrected chi connectivity index (χ2v) is 5.93. The number of aliphatic imine (C=N–C) groups is 1. The molecule has 24 heavy (non-hydrogen) atoms. The van der Waals surface area contributed by atoms with Gasteiger partial charge in [-0.3, -0.25) is 4.99 Å².